The molecule has 1 aromatic rings. The highest BCUT2D eigenvalue weighted by molar-refractivity contribution is 5.88. The van der Waals surface area contributed by atoms with Crippen LogP contribution in [0.2, 0.25) is 0 Å². The zero-order valence-electron chi connectivity index (χ0n) is 15.3. The smallest absolute Gasteiger partial charge is 0.233 e. The molecule has 1 aliphatic heterocycles. The maximum absolute atomic E-state index is 13.5. The molecule has 1 heterocycles. The number of nitrogens with zero attached hydrogens (tertiary/aromatic N) is 2. The Morgan fingerprint density at radius 2 is 1.48 bits per heavy atom. The molecule has 0 unspecified atom stereocenters. The molecule has 2 aliphatic rings. The number of hydrogen-bond donors (Lipinski definition) is 0. The number of rotatable bonds is 3. The maximum atomic E-state index is 13.5. The maximum Gasteiger partial charge on any atom is 0.233 e. The zero-order valence-corrected chi connectivity index (χ0v) is 15.3. The van der Waals surface area contributed by atoms with Gasteiger partial charge in [0.1, 0.15) is 5.75 Å². The number of ether oxygens (including phenoxy) is 1. The van der Waals surface area contributed by atoms with E-state index in [2.05, 4.69) is 0 Å². The van der Waals surface area contributed by atoms with E-state index in [0.29, 0.717) is 26.2 Å². The summed E-state index contributed by atoms with van der Waals surface area (Å²) in [6.07, 6.45) is 5.19. The van der Waals surface area contributed by atoms with Crippen LogP contribution in [0.15, 0.2) is 24.3 Å². The minimum atomic E-state index is -0.414. The van der Waals surface area contributed by atoms with Crippen LogP contribution in [0.3, 0.4) is 0 Å². The van der Waals surface area contributed by atoms with Crippen molar-refractivity contribution in [2.24, 2.45) is 0 Å². The summed E-state index contributed by atoms with van der Waals surface area (Å²) in [4.78, 5) is 28.8. The third-order valence-corrected chi connectivity index (χ3v) is 5.77. The van der Waals surface area contributed by atoms with Gasteiger partial charge in [-0.25, -0.2) is 0 Å². The normalized spacial score (nSPS) is 20.2. The number of carbonyl (C=O) groups is 2. The van der Waals surface area contributed by atoms with E-state index in [1.165, 1.54) is 6.42 Å². The second kappa shape index (κ2) is 7.46. The van der Waals surface area contributed by atoms with Crippen LogP contribution in [0.1, 0.15) is 44.6 Å². The molecule has 136 valence electrons. The molecule has 0 bridgehead atoms. The molecule has 25 heavy (non-hydrogen) atoms. The molecular formula is C20H28N2O3. The minimum Gasteiger partial charge on any atom is -0.497 e. The SMILES string of the molecule is COc1ccc(C2(C(=O)N3CCN(C(C)=O)CC3)CCCCC2)cc1. The van der Waals surface area contributed by atoms with Crippen LogP contribution in [-0.4, -0.2) is 54.9 Å². The second-order valence-electron chi connectivity index (χ2n) is 7.17. The third-order valence-electron chi connectivity index (χ3n) is 5.77. The van der Waals surface area contributed by atoms with Crippen molar-refractivity contribution in [3.8, 4) is 5.75 Å². The predicted octanol–water partition coefficient (Wildman–Crippen LogP) is 2.59. The fourth-order valence-corrected chi connectivity index (χ4v) is 4.22. The molecule has 0 atom stereocenters. The van der Waals surface area contributed by atoms with Gasteiger partial charge >= 0.3 is 0 Å². The van der Waals surface area contributed by atoms with Crippen molar-refractivity contribution in [2.75, 3.05) is 33.3 Å². The summed E-state index contributed by atoms with van der Waals surface area (Å²) < 4.78 is 5.27. The molecule has 0 aromatic heterocycles. The summed E-state index contributed by atoms with van der Waals surface area (Å²) in [6, 6.07) is 8.00. The van der Waals surface area contributed by atoms with Crippen molar-refractivity contribution < 1.29 is 14.3 Å². The van der Waals surface area contributed by atoms with Crippen LogP contribution in [-0.2, 0) is 15.0 Å². The predicted molar refractivity (Wildman–Crippen MR) is 96.6 cm³/mol. The van der Waals surface area contributed by atoms with Crippen LogP contribution in [0.5, 0.6) is 5.75 Å². The lowest BCUT2D eigenvalue weighted by Gasteiger charge is -2.43. The van der Waals surface area contributed by atoms with Crippen molar-refractivity contribution in [3.05, 3.63) is 29.8 Å². The summed E-state index contributed by atoms with van der Waals surface area (Å²) in [6.45, 7) is 4.14. The van der Waals surface area contributed by atoms with E-state index >= 15 is 0 Å². The highest BCUT2D eigenvalue weighted by Crippen LogP contribution is 2.41. The fourth-order valence-electron chi connectivity index (χ4n) is 4.22. The first-order chi connectivity index (χ1) is 12.1. The first-order valence-corrected chi connectivity index (χ1v) is 9.26. The Balaban J connectivity index is 1.82. The van der Waals surface area contributed by atoms with Gasteiger partial charge in [0.2, 0.25) is 11.8 Å². The Hall–Kier alpha value is -2.04. The lowest BCUT2D eigenvalue weighted by atomic mass is 9.68. The van der Waals surface area contributed by atoms with Crippen molar-refractivity contribution in [1.29, 1.82) is 0 Å². The Bertz CT molecular complexity index is 612. The number of hydrogen-bond acceptors (Lipinski definition) is 3. The number of benzene rings is 1. The highest BCUT2D eigenvalue weighted by Gasteiger charge is 2.44. The monoisotopic (exact) mass is 344 g/mol. The van der Waals surface area contributed by atoms with Crippen LogP contribution >= 0.6 is 0 Å². The Morgan fingerprint density at radius 3 is 2.00 bits per heavy atom. The summed E-state index contributed by atoms with van der Waals surface area (Å²) >= 11 is 0. The highest BCUT2D eigenvalue weighted by atomic mass is 16.5. The zero-order chi connectivity index (χ0) is 17.9. The lowest BCUT2D eigenvalue weighted by molar-refractivity contribution is -0.144. The first kappa shape index (κ1) is 17.8. The molecule has 1 saturated carbocycles. The van der Waals surface area contributed by atoms with Gasteiger partial charge in [0.05, 0.1) is 12.5 Å². The molecule has 5 heteroatoms. The van der Waals surface area contributed by atoms with Crippen LogP contribution in [0.4, 0.5) is 0 Å². The Morgan fingerprint density at radius 1 is 0.920 bits per heavy atom. The van der Waals surface area contributed by atoms with Gasteiger partial charge in [-0.15, -0.1) is 0 Å². The van der Waals surface area contributed by atoms with Gasteiger partial charge in [-0.3, -0.25) is 9.59 Å². The Kier molecular flexibility index (Phi) is 5.30. The van der Waals surface area contributed by atoms with Gasteiger partial charge in [-0.05, 0) is 30.5 Å². The van der Waals surface area contributed by atoms with Gasteiger partial charge in [0.25, 0.3) is 0 Å². The van der Waals surface area contributed by atoms with E-state index in [1.807, 2.05) is 34.1 Å². The van der Waals surface area contributed by atoms with E-state index in [0.717, 1.165) is 37.0 Å². The molecular weight excluding hydrogens is 316 g/mol. The number of methoxy groups -OCH3 is 1. The number of amides is 2. The first-order valence-electron chi connectivity index (χ1n) is 9.26. The topological polar surface area (TPSA) is 49.9 Å². The van der Waals surface area contributed by atoms with E-state index in [-0.39, 0.29) is 11.8 Å². The molecule has 0 N–H and O–H groups in total. The molecule has 3 rings (SSSR count). The molecule has 2 fully saturated rings. The largest absolute Gasteiger partial charge is 0.497 e. The van der Waals surface area contributed by atoms with Gasteiger partial charge in [0, 0.05) is 33.1 Å². The molecule has 0 radical (unpaired) electrons. The van der Waals surface area contributed by atoms with Gasteiger partial charge < -0.3 is 14.5 Å². The van der Waals surface area contributed by atoms with Crippen molar-refractivity contribution in [1.82, 2.24) is 9.80 Å². The quantitative estimate of drug-likeness (QED) is 0.847. The molecule has 1 saturated heterocycles. The second-order valence-corrected chi connectivity index (χ2v) is 7.17. The molecule has 5 nitrogen and oxygen atoms in total. The van der Waals surface area contributed by atoms with Gasteiger partial charge in [0.15, 0.2) is 0 Å². The van der Waals surface area contributed by atoms with E-state index in [1.54, 1.807) is 14.0 Å². The summed E-state index contributed by atoms with van der Waals surface area (Å²) in [5.41, 5.74) is 0.690. The molecule has 1 aliphatic carbocycles. The number of carbonyl (C=O) groups excluding carboxylic acids is 2. The van der Waals surface area contributed by atoms with Crippen molar-refractivity contribution in [3.63, 3.8) is 0 Å². The average Bonchev–Trinajstić information content (AvgIpc) is 2.68. The van der Waals surface area contributed by atoms with E-state index in [4.69, 9.17) is 4.74 Å². The van der Waals surface area contributed by atoms with E-state index in [9.17, 15) is 9.59 Å². The van der Waals surface area contributed by atoms with E-state index < -0.39 is 5.41 Å². The summed E-state index contributed by atoms with van der Waals surface area (Å²) in [5.74, 6) is 1.15. The fraction of sp³-hybridized carbons (Fsp3) is 0.600. The standard InChI is InChI=1S/C20H28N2O3/c1-16(23)21-12-14-22(15-13-21)19(24)20(10-4-3-5-11-20)17-6-8-18(25-2)9-7-17/h6-9H,3-5,10-15H2,1-2H3. The molecule has 2 amide bonds. The van der Waals surface area contributed by atoms with Crippen LogP contribution < -0.4 is 4.74 Å². The molecule has 1 aromatic carbocycles. The van der Waals surface area contributed by atoms with Crippen LogP contribution in [0.25, 0.3) is 0 Å². The summed E-state index contributed by atoms with van der Waals surface area (Å²) in [7, 11) is 1.66. The summed E-state index contributed by atoms with van der Waals surface area (Å²) in [5, 5.41) is 0. The van der Waals surface area contributed by atoms with Crippen molar-refractivity contribution in [2.45, 2.75) is 44.4 Å². The minimum absolute atomic E-state index is 0.0923. The van der Waals surface area contributed by atoms with Crippen molar-refractivity contribution >= 4 is 11.8 Å². The molecule has 0 spiro atoms. The van der Waals surface area contributed by atoms with Crippen LogP contribution in [0, 0.1) is 0 Å². The van der Waals surface area contributed by atoms with Gasteiger partial charge in [-0.1, -0.05) is 31.4 Å². The average molecular weight is 344 g/mol. The Labute approximate surface area is 149 Å². The third kappa shape index (κ3) is 3.51. The lowest BCUT2D eigenvalue weighted by Crippen LogP contribution is -2.55. The van der Waals surface area contributed by atoms with Gasteiger partial charge in [-0.2, -0.15) is 0 Å². The number of piperazine rings is 1.